The third-order valence-corrected chi connectivity index (χ3v) is 3.58. The molecule has 4 nitrogen and oxygen atoms in total. The van der Waals surface area contributed by atoms with Crippen molar-refractivity contribution in [1.29, 1.82) is 0 Å². The van der Waals surface area contributed by atoms with Crippen LogP contribution in [0.15, 0.2) is 36.4 Å². The van der Waals surface area contributed by atoms with Crippen LogP contribution in [0.2, 0.25) is 5.02 Å². The van der Waals surface area contributed by atoms with Gasteiger partial charge in [-0.05, 0) is 29.8 Å². The fourth-order valence-electron chi connectivity index (χ4n) is 2.28. The van der Waals surface area contributed by atoms with Crippen molar-refractivity contribution in [2.45, 2.75) is 0 Å². The van der Waals surface area contributed by atoms with E-state index in [4.69, 9.17) is 16.3 Å². The normalized spacial score (nSPS) is 15.0. The summed E-state index contributed by atoms with van der Waals surface area (Å²) in [5, 5.41) is 12.7. The van der Waals surface area contributed by atoms with E-state index in [0.717, 1.165) is 11.3 Å². The highest BCUT2D eigenvalue weighted by Crippen LogP contribution is 2.37. The number of para-hydroxylation sites is 1. The van der Waals surface area contributed by atoms with Gasteiger partial charge in [0, 0.05) is 16.8 Å². The van der Waals surface area contributed by atoms with Gasteiger partial charge in [-0.3, -0.25) is 4.79 Å². The first kappa shape index (κ1) is 13.5. The smallest absolute Gasteiger partial charge is 0.256 e. The fourth-order valence-corrected chi connectivity index (χ4v) is 2.50. The average molecular weight is 302 g/mol. The van der Waals surface area contributed by atoms with Crippen molar-refractivity contribution in [3.8, 4) is 11.5 Å². The number of nitrogens with one attached hydrogen (secondary N) is 1. The van der Waals surface area contributed by atoms with Gasteiger partial charge in [0.2, 0.25) is 0 Å². The Morgan fingerprint density at radius 1 is 1.29 bits per heavy atom. The van der Waals surface area contributed by atoms with Gasteiger partial charge in [-0.15, -0.1) is 0 Å². The van der Waals surface area contributed by atoms with E-state index in [1.807, 2.05) is 24.3 Å². The molecule has 0 radical (unpaired) electrons. The standard InChI is InChI=1S/C16H12ClNO3/c1-21-14-8-9(7-12(17)15(14)19)6-11-10-4-2-3-5-13(10)18-16(11)20/h2-8,19H,1H3,(H,18,20). The highest BCUT2D eigenvalue weighted by Gasteiger charge is 2.23. The number of benzene rings is 2. The van der Waals surface area contributed by atoms with E-state index in [1.54, 1.807) is 18.2 Å². The molecule has 0 saturated heterocycles. The number of anilines is 1. The van der Waals surface area contributed by atoms with Crippen LogP contribution in [-0.4, -0.2) is 18.1 Å². The highest BCUT2D eigenvalue weighted by atomic mass is 35.5. The summed E-state index contributed by atoms with van der Waals surface area (Å²) in [4.78, 5) is 12.0. The molecule has 1 heterocycles. The molecule has 0 bridgehead atoms. The summed E-state index contributed by atoms with van der Waals surface area (Å²) in [7, 11) is 1.44. The Morgan fingerprint density at radius 3 is 2.81 bits per heavy atom. The van der Waals surface area contributed by atoms with Crippen LogP contribution in [0.5, 0.6) is 11.5 Å². The first-order chi connectivity index (χ1) is 10.1. The van der Waals surface area contributed by atoms with Gasteiger partial charge in [0.25, 0.3) is 5.91 Å². The molecular formula is C16H12ClNO3. The quantitative estimate of drug-likeness (QED) is 0.834. The Kier molecular flexibility index (Phi) is 3.31. The van der Waals surface area contributed by atoms with E-state index in [-0.39, 0.29) is 22.4 Å². The molecule has 5 heteroatoms. The van der Waals surface area contributed by atoms with Crippen molar-refractivity contribution in [3.05, 3.63) is 52.5 Å². The van der Waals surface area contributed by atoms with Crippen LogP contribution in [0.25, 0.3) is 11.6 Å². The molecule has 2 aromatic rings. The summed E-state index contributed by atoms with van der Waals surface area (Å²) >= 11 is 5.96. The molecule has 106 valence electrons. The number of halogens is 1. The average Bonchev–Trinajstić information content (AvgIpc) is 2.79. The molecule has 0 aromatic heterocycles. The fraction of sp³-hybridized carbons (Fsp3) is 0.0625. The van der Waals surface area contributed by atoms with Crippen LogP contribution in [0.1, 0.15) is 11.1 Å². The van der Waals surface area contributed by atoms with Crippen LogP contribution in [-0.2, 0) is 4.79 Å². The SMILES string of the molecule is COc1cc(C=C2C(=O)Nc3ccccc32)cc(Cl)c1O. The van der Waals surface area contributed by atoms with Crippen molar-refractivity contribution in [2.75, 3.05) is 12.4 Å². The Hall–Kier alpha value is -2.46. The third kappa shape index (κ3) is 2.34. The van der Waals surface area contributed by atoms with Crippen LogP contribution in [0, 0.1) is 0 Å². The minimum atomic E-state index is -0.167. The monoisotopic (exact) mass is 301 g/mol. The van der Waals surface area contributed by atoms with Gasteiger partial charge in [0.1, 0.15) is 0 Å². The molecule has 1 aliphatic heterocycles. The van der Waals surface area contributed by atoms with Crippen molar-refractivity contribution in [1.82, 2.24) is 0 Å². The van der Waals surface area contributed by atoms with E-state index in [2.05, 4.69) is 5.32 Å². The number of aromatic hydroxyl groups is 1. The number of hydrogen-bond acceptors (Lipinski definition) is 3. The largest absolute Gasteiger partial charge is 0.503 e. The topological polar surface area (TPSA) is 58.6 Å². The number of hydrogen-bond donors (Lipinski definition) is 2. The van der Waals surface area contributed by atoms with Crippen LogP contribution < -0.4 is 10.1 Å². The molecule has 0 saturated carbocycles. The number of carbonyl (C=O) groups is 1. The van der Waals surface area contributed by atoms with Crippen LogP contribution >= 0.6 is 11.6 Å². The zero-order valence-corrected chi connectivity index (χ0v) is 11.9. The van der Waals surface area contributed by atoms with Gasteiger partial charge in [-0.25, -0.2) is 0 Å². The Bertz CT molecular complexity index is 768. The lowest BCUT2D eigenvalue weighted by molar-refractivity contribution is -0.110. The molecule has 0 spiro atoms. The maximum atomic E-state index is 12.0. The predicted molar refractivity (Wildman–Crippen MR) is 82.6 cm³/mol. The number of ether oxygens (including phenoxy) is 1. The Labute approximate surface area is 126 Å². The first-order valence-electron chi connectivity index (χ1n) is 6.29. The second-order valence-corrected chi connectivity index (χ2v) is 5.02. The van der Waals surface area contributed by atoms with Gasteiger partial charge < -0.3 is 15.2 Å². The number of methoxy groups -OCH3 is 1. The third-order valence-electron chi connectivity index (χ3n) is 3.29. The zero-order valence-electron chi connectivity index (χ0n) is 11.2. The zero-order chi connectivity index (χ0) is 15.0. The second-order valence-electron chi connectivity index (χ2n) is 4.61. The summed E-state index contributed by atoms with van der Waals surface area (Å²) in [5.41, 5.74) is 2.85. The summed E-state index contributed by atoms with van der Waals surface area (Å²) in [6, 6.07) is 10.7. The molecule has 2 N–H and O–H groups in total. The minimum absolute atomic E-state index is 0.113. The van der Waals surface area contributed by atoms with Gasteiger partial charge in [-0.2, -0.15) is 0 Å². The number of amides is 1. The van der Waals surface area contributed by atoms with E-state index in [0.29, 0.717) is 11.1 Å². The Morgan fingerprint density at radius 2 is 2.05 bits per heavy atom. The summed E-state index contributed by atoms with van der Waals surface area (Å²) in [6.07, 6.45) is 1.72. The number of fused-ring (bicyclic) bond motifs is 1. The molecule has 0 fully saturated rings. The molecule has 21 heavy (non-hydrogen) atoms. The summed E-state index contributed by atoms with van der Waals surface area (Å²) < 4.78 is 5.06. The van der Waals surface area contributed by atoms with E-state index in [1.165, 1.54) is 7.11 Å². The summed E-state index contributed by atoms with van der Waals surface area (Å²) in [6.45, 7) is 0. The van der Waals surface area contributed by atoms with Gasteiger partial charge in [0.05, 0.1) is 12.1 Å². The van der Waals surface area contributed by atoms with Gasteiger partial charge in [-0.1, -0.05) is 29.8 Å². The van der Waals surface area contributed by atoms with E-state index < -0.39 is 0 Å². The van der Waals surface area contributed by atoms with Gasteiger partial charge in [0.15, 0.2) is 11.5 Å². The number of rotatable bonds is 2. The van der Waals surface area contributed by atoms with E-state index >= 15 is 0 Å². The van der Waals surface area contributed by atoms with Gasteiger partial charge >= 0.3 is 0 Å². The van der Waals surface area contributed by atoms with E-state index in [9.17, 15) is 9.90 Å². The number of phenols is 1. The van der Waals surface area contributed by atoms with Crippen molar-refractivity contribution >= 4 is 34.8 Å². The Balaban J connectivity index is 2.11. The predicted octanol–water partition coefficient (Wildman–Crippen LogP) is 3.55. The number of carbonyl (C=O) groups excluding carboxylic acids is 1. The molecule has 0 aliphatic carbocycles. The van der Waals surface area contributed by atoms with Crippen molar-refractivity contribution in [2.24, 2.45) is 0 Å². The first-order valence-corrected chi connectivity index (χ1v) is 6.67. The molecule has 1 amide bonds. The minimum Gasteiger partial charge on any atom is -0.503 e. The summed E-state index contributed by atoms with van der Waals surface area (Å²) in [5.74, 6) is -0.0157. The van der Waals surface area contributed by atoms with Crippen LogP contribution in [0.3, 0.4) is 0 Å². The molecule has 2 aromatic carbocycles. The molecule has 0 atom stereocenters. The highest BCUT2D eigenvalue weighted by molar-refractivity contribution is 6.35. The molecule has 0 unspecified atom stereocenters. The molecular weight excluding hydrogens is 290 g/mol. The lowest BCUT2D eigenvalue weighted by Crippen LogP contribution is -2.03. The maximum Gasteiger partial charge on any atom is 0.256 e. The van der Waals surface area contributed by atoms with Crippen molar-refractivity contribution < 1.29 is 14.6 Å². The lowest BCUT2D eigenvalue weighted by atomic mass is 10.0. The lowest BCUT2D eigenvalue weighted by Gasteiger charge is -2.07. The molecule has 3 rings (SSSR count). The molecule has 1 aliphatic rings. The van der Waals surface area contributed by atoms with Crippen molar-refractivity contribution in [3.63, 3.8) is 0 Å². The number of phenolic OH excluding ortho intramolecular Hbond substituents is 1. The maximum absolute atomic E-state index is 12.0. The van der Waals surface area contributed by atoms with Crippen LogP contribution in [0.4, 0.5) is 5.69 Å². The second kappa shape index (κ2) is 5.14.